The number of carbonyl (C=O) groups is 1. The molecule has 0 aliphatic carbocycles. The molecule has 15 heavy (non-hydrogen) atoms. The van der Waals surface area contributed by atoms with Crippen LogP contribution in [0.4, 0.5) is 0 Å². The molecule has 6 heteroatoms. The first-order valence-corrected chi connectivity index (χ1v) is 6.76. The number of aromatic nitrogens is 2. The van der Waals surface area contributed by atoms with Crippen molar-refractivity contribution in [2.45, 2.75) is 11.1 Å². The van der Waals surface area contributed by atoms with Gasteiger partial charge >= 0.3 is 93.7 Å². The Morgan fingerprint density at radius 1 is 1.53 bits per heavy atom. The Morgan fingerprint density at radius 2 is 2.40 bits per heavy atom. The van der Waals surface area contributed by atoms with Crippen LogP contribution >= 0.6 is 0 Å². The first-order valence-electron chi connectivity index (χ1n) is 4.74. The second-order valence-electron chi connectivity index (χ2n) is 3.36. The Bertz CT molecular complexity index is 349. The van der Waals surface area contributed by atoms with Crippen LogP contribution in [-0.4, -0.2) is 50.1 Å². The zero-order valence-electron chi connectivity index (χ0n) is 8.05. The van der Waals surface area contributed by atoms with Gasteiger partial charge in [0, 0.05) is 0 Å². The topological polar surface area (TPSA) is 75.1 Å². The standard InChI is InChI=1S/C9H11AsN3O2/c14-9(15)7-1-2-8(13-12-7)10-6-3-4-11-5-6/h1-2,6,11H,3-5H2,(H,14,15). The van der Waals surface area contributed by atoms with Crippen LogP contribution in [0.1, 0.15) is 16.9 Å². The molecule has 1 aromatic rings. The molecular weight excluding hydrogens is 257 g/mol. The number of aromatic carboxylic acids is 1. The fourth-order valence-electron chi connectivity index (χ4n) is 1.44. The number of carboxylic acids is 1. The molecule has 5 nitrogen and oxygen atoms in total. The SMILES string of the molecule is O=C(O)c1ccc([As]C2CCNC2)nn1. The molecule has 2 heterocycles. The van der Waals surface area contributed by atoms with Gasteiger partial charge in [0.15, 0.2) is 0 Å². The van der Waals surface area contributed by atoms with Gasteiger partial charge in [-0.15, -0.1) is 0 Å². The fraction of sp³-hybridized carbons (Fsp3) is 0.444. The van der Waals surface area contributed by atoms with Gasteiger partial charge in [-0.1, -0.05) is 0 Å². The first-order chi connectivity index (χ1) is 7.25. The molecule has 1 aliphatic heterocycles. The maximum atomic E-state index is 10.6. The maximum absolute atomic E-state index is 10.6. The summed E-state index contributed by atoms with van der Waals surface area (Å²) >= 11 is 0.0113. The summed E-state index contributed by atoms with van der Waals surface area (Å²) in [4.78, 5) is 10.6. The molecule has 2 N–H and O–H groups in total. The molecule has 0 saturated carbocycles. The van der Waals surface area contributed by atoms with Gasteiger partial charge in [-0.2, -0.15) is 0 Å². The Balaban J connectivity index is 2.00. The predicted molar refractivity (Wildman–Crippen MR) is 55.6 cm³/mol. The van der Waals surface area contributed by atoms with Crippen LogP contribution in [0.2, 0.25) is 4.71 Å². The number of hydrogen-bond donors (Lipinski definition) is 2. The minimum atomic E-state index is -1.02. The van der Waals surface area contributed by atoms with E-state index in [0.717, 1.165) is 17.6 Å². The number of carboxylic acid groups (broad SMARTS) is 1. The quantitative estimate of drug-likeness (QED) is 0.708. The zero-order valence-corrected chi connectivity index (χ0v) is 9.93. The van der Waals surface area contributed by atoms with Crippen LogP contribution in [0.25, 0.3) is 0 Å². The normalized spacial score (nSPS) is 21.2. The summed E-state index contributed by atoms with van der Waals surface area (Å²) in [6.07, 6.45) is 1.20. The van der Waals surface area contributed by atoms with Gasteiger partial charge in [0.05, 0.1) is 0 Å². The molecule has 1 aromatic heterocycles. The van der Waals surface area contributed by atoms with E-state index in [4.69, 9.17) is 5.11 Å². The van der Waals surface area contributed by atoms with Gasteiger partial charge in [-0.3, -0.25) is 0 Å². The van der Waals surface area contributed by atoms with Crippen molar-refractivity contribution in [3.63, 3.8) is 0 Å². The van der Waals surface area contributed by atoms with Gasteiger partial charge in [-0.05, 0) is 0 Å². The summed E-state index contributed by atoms with van der Waals surface area (Å²) in [5.74, 6) is -1.02. The Labute approximate surface area is 94.0 Å². The molecule has 1 radical (unpaired) electrons. The summed E-state index contributed by atoms with van der Waals surface area (Å²) < 4.78 is 1.66. The van der Waals surface area contributed by atoms with Crippen molar-refractivity contribution >= 4 is 26.2 Å². The van der Waals surface area contributed by atoms with Crippen LogP contribution in [0, 0.1) is 0 Å². The van der Waals surface area contributed by atoms with E-state index in [9.17, 15) is 4.79 Å². The van der Waals surface area contributed by atoms with Crippen molar-refractivity contribution in [3.8, 4) is 0 Å². The second kappa shape index (κ2) is 4.73. The third kappa shape index (κ3) is 2.76. The Morgan fingerprint density at radius 3 is 2.93 bits per heavy atom. The number of nitrogens with one attached hydrogen (secondary N) is 1. The van der Waals surface area contributed by atoms with Crippen molar-refractivity contribution in [2.75, 3.05) is 13.1 Å². The third-order valence-electron chi connectivity index (χ3n) is 2.22. The molecular formula is C9H11AsN3O2. The summed E-state index contributed by atoms with van der Waals surface area (Å²) in [6, 6.07) is 3.32. The van der Waals surface area contributed by atoms with Gasteiger partial charge in [0.1, 0.15) is 0 Å². The van der Waals surface area contributed by atoms with Crippen molar-refractivity contribution < 1.29 is 9.90 Å². The number of hydrogen-bond acceptors (Lipinski definition) is 4. The number of rotatable bonds is 3. The van der Waals surface area contributed by atoms with E-state index in [1.165, 1.54) is 12.5 Å². The summed E-state index contributed by atoms with van der Waals surface area (Å²) in [7, 11) is 0. The molecule has 1 saturated heterocycles. The summed E-state index contributed by atoms with van der Waals surface area (Å²) in [5, 5.41) is 19.6. The van der Waals surface area contributed by atoms with Gasteiger partial charge in [0.25, 0.3) is 0 Å². The van der Waals surface area contributed by atoms with E-state index >= 15 is 0 Å². The second-order valence-corrected chi connectivity index (χ2v) is 6.39. The van der Waals surface area contributed by atoms with E-state index in [2.05, 4.69) is 15.5 Å². The van der Waals surface area contributed by atoms with Crippen LogP contribution in [0.5, 0.6) is 0 Å². The van der Waals surface area contributed by atoms with Gasteiger partial charge < -0.3 is 0 Å². The van der Waals surface area contributed by atoms with Crippen LogP contribution in [-0.2, 0) is 0 Å². The van der Waals surface area contributed by atoms with Crippen LogP contribution in [0.3, 0.4) is 0 Å². The van der Waals surface area contributed by atoms with Crippen molar-refractivity contribution in [1.29, 1.82) is 0 Å². The average Bonchev–Trinajstić information content (AvgIpc) is 2.71. The average molecular weight is 268 g/mol. The van der Waals surface area contributed by atoms with E-state index in [0.29, 0.717) is 4.71 Å². The van der Waals surface area contributed by atoms with E-state index in [1.807, 2.05) is 0 Å². The molecule has 0 amide bonds. The van der Waals surface area contributed by atoms with Crippen molar-refractivity contribution in [2.24, 2.45) is 0 Å². The number of nitrogens with zero attached hydrogens (tertiary/aromatic N) is 2. The minimum absolute atomic E-state index is 0.0113. The van der Waals surface area contributed by atoms with E-state index < -0.39 is 5.97 Å². The molecule has 0 spiro atoms. The molecule has 1 atom stereocenters. The third-order valence-corrected chi connectivity index (χ3v) is 4.97. The zero-order chi connectivity index (χ0) is 10.7. The summed E-state index contributed by atoms with van der Waals surface area (Å²) in [5.41, 5.74) is 0.0181. The fourth-order valence-corrected chi connectivity index (χ4v) is 3.77. The first kappa shape index (κ1) is 10.6. The van der Waals surface area contributed by atoms with Crippen molar-refractivity contribution in [3.05, 3.63) is 17.8 Å². The molecule has 79 valence electrons. The van der Waals surface area contributed by atoms with Gasteiger partial charge in [0.2, 0.25) is 0 Å². The monoisotopic (exact) mass is 268 g/mol. The molecule has 2 rings (SSSR count). The summed E-state index contributed by atoms with van der Waals surface area (Å²) in [6.45, 7) is 2.14. The Kier molecular flexibility index (Phi) is 3.33. The van der Waals surface area contributed by atoms with Gasteiger partial charge in [-0.25, -0.2) is 0 Å². The van der Waals surface area contributed by atoms with Crippen molar-refractivity contribution in [1.82, 2.24) is 15.5 Å². The molecule has 0 aromatic carbocycles. The van der Waals surface area contributed by atoms with Crippen LogP contribution < -0.4 is 9.80 Å². The molecule has 1 fully saturated rings. The molecule has 1 aliphatic rings. The van der Waals surface area contributed by atoms with E-state index in [1.54, 1.807) is 6.07 Å². The molecule has 0 bridgehead atoms. The Hall–Kier alpha value is -0.932. The van der Waals surface area contributed by atoms with E-state index in [-0.39, 0.29) is 21.4 Å². The molecule has 1 unspecified atom stereocenters. The predicted octanol–water partition coefficient (Wildman–Crippen LogP) is -0.714. The van der Waals surface area contributed by atoms with Crippen LogP contribution in [0.15, 0.2) is 12.1 Å².